The lowest BCUT2D eigenvalue weighted by atomic mass is 10.0. The first-order valence-corrected chi connectivity index (χ1v) is 8.33. The van der Waals surface area contributed by atoms with Gasteiger partial charge in [0, 0.05) is 26.1 Å². The third kappa shape index (κ3) is 6.14. The number of nitrogens with one attached hydrogen (secondary N) is 2. The molecule has 0 saturated heterocycles. The monoisotopic (exact) mass is 326 g/mol. The minimum Gasteiger partial charge on any atom is -0.387 e. The first-order chi connectivity index (χ1) is 11.5. The number of hydrogen-bond donors (Lipinski definition) is 3. The number of aliphatic hydroxyl groups is 1. The fourth-order valence-electron chi connectivity index (χ4n) is 2.55. The molecule has 0 heterocycles. The van der Waals surface area contributed by atoms with Gasteiger partial charge in [-0.2, -0.15) is 0 Å². The van der Waals surface area contributed by atoms with Crippen molar-refractivity contribution >= 4 is 5.91 Å². The summed E-state index contributed by atoms with van der Waals surface area (Å²) in [7, 11) is 0. The van der Waals surface area contributed by atoms with Crippen molar-refractivity contribution in [3.8, 4) is 0 Å². The number of carbonyl (C=O) groups excluding carboxylic acids is 1. The largest absolute Gasteiger partial charge is 0.387 e. The van der Waals surface area contributed by atoms with E-state index in [1.165, 1.54) is 12.5 Å². The van der Waals surface area contributed by atoms with E-state index in [0.29, 0.717) is 13.1 Å². The van der Waals surface area contributed by atoms with Crippen molar-refractivity contribution in [2.24, 2.45) is 0 Å². The van der Waals surface area contributed by atoms with Gasteiger partial charge < -0.3 is 15.7 Å². The van der Waals surface area contributed by atoms with Crippen molar-refractivity contribution in [1.29, 1.82) is 0 Å². The molecule has 2 atom stereocenters. The lowest BCUT2D eigenvalue weighted by Gasteiger charge is -2.17. The highest BCUT2D eigenvalue weighted by atomic mass is 16.3. The van der Waals surface area contributed by atoms with Crippen LogP contribution in [0.25, 0.3) is 0 Å². The third-order valence-electron chi connectivity index (χ3n) is 3.95. The van der Waals surface area contributed by atoms with Gasteiger partial charge in [0.2, 0.25) is 5.91 Å². The molecule has 0 spiro atoms. The van der Waals surface area contributed by atoms with Crippen LogP contribution in [0.15, 0.2) is 54.6 Å². The number of benzene rings is 2. The van der Waals surface area contributed by atoms with Gasteiger partial charge >= 0.3 is 0 Å². The molecule has 1 amide bonds. The van der Waals surface area contributed by atoms with Gasteiger partial charge in [-0.25, -0.2) is 0 Å². The number of amides is 1. The van der Waals surface area contributed by atoms with Crippen molar-refractivity contribution in [1.82, 2.24) is 10.6 Å². The average Bonchev–Trinajstić information content (AvgIpc) is 2.60. The predicted octanol–water partition coefficient (Wildman–Crippen LogP) is 2.58. The van der Waals surface area contributed by atoms with Crippen molar-refractivity contribution < 1.29 is 9.90 Å². The number of rotatable bonds is 8. The van der Waals surface area contributed by atoms with E-state index in [0.717, 1.165) is 17.5 Å². The van der Waals surface area contributed by atoms with Crippen LogP contribution in [-0.4, -0.2) is 23.6 Å². The molecule has 2 rings (SSSR count). The lowest BCUT2D eigenvalue weighted by molar-refractivity contribution is -0.119. The molecule has 2 aromatic rings. The van der Waals surface area contributed by atoms with E-state index in [2.05, 4.69) is 29.7 Å². The van der Waals surface area contributed by atoms with E-state index in [1.54, 1.807) is 0 Å². The zero-order valence-corrected chi connectivity index (χ0v) is 14.3. The quantitative estimate of drug-likeness (QED) is 0.699. The minimum absolute atomic E-state index is 0.0196. The van der Waals surface area contributed by atoms with Gasteiger partial charge in [0.1, 0.15) is 0 Å². The summed E-state index contributed by atoms with van der Waals surface area (Å²) in [6.45, 7) is 4.73. The van der Waals surface area contributed by atoms with Crippen LogP contribution in [0.5, 0.6) is 0 Å². The Morgan fingerprint density at radius 3 is 2.29 bits per heavy atom. The topological polar surface area (TPSA) is 61.4 Å². The van der Waals surface area contributed by atoms with Gasteiger partial charge in [-0.15, -0.1) is 0 Å². The smallest absolute Gasteiger partial charge is 0.217 e. The Bertz CT molecular complexity index is 626. The molecule has 0 aliphatic heterocycles. The maximum absolute atomic E-state index is 10.9. The Hall–Kier alpha value is -2.17. The van der Waals surface area contributed by atoms with Crippen LogP contribution in [0.4, 0.5) is 0 Å². The maximum Gasteiger partial charge on any atom is 0.217 e. The van der Waals surface area contributed by atoms with E-state index in [9.17, 15) is 9.90 Å². The molecule has 2 aromatic carbocycles. The SMILES string of the molecule is CC(=O)NCc1ccc(CC(C)NC[C@H](O)c2ccccc2)cc1. The fraction of sp³-hybridized carbons (Fsp3) is 0.350. The summed E-state index contributed by atoms with van der Waals surface area (Å²) >= 11 is 0. The average molecular weight is 326 g/mol. The van der Waals surface area contributed by atoms with Crippen LogP contribution in [-0.2, 0) is 17.8 Å². The van der Waals surface area contributed by atoms with Gasteiger partial charge in [0.25, 0.3) is 0 Å². The van der Waals surface area contributed by atoms with Crippen LogP contribution in [0, 0.1) is 0 Å². The van der Waals surface area contributed by atoms with Gasteiger partial charge in [0.15, 0.2) is 0 Å². The third-order valence-corrected chi connectivity index (χ3v) is 3.95. The highest BCUT2D eigenvalue weighted by molar-refractivity contribution is 5.72. The zero-order chi connectivity index (χ0) is 17.4. The van der Waals surface area contributed by atoms with Crippen LogP contribution in [0.1, 0.15) is 36.6 Å². The number of carbonyl (C=O) groups is 1. The van der Waals surface area contributed by atoms with Crippen LogP contribution >= 0.6 is 0 Å². The van der Waals surface area contributed by atoms with E-state index in [-0.39, 0.29) is 11.9 Å². The normalized spacial score (nSPS) is 13.3. The summed E-state index contributed by atoms with van der Waals surface area (Å²) in [5.74, 6) is -0.0196. The second kappa shape index (κ2) is 9.21. The van der Waals surface area contributed by atoms with Crippen molar-refractivity contribution in [3.05, 3.63) is 71.3 Å². The molecule has 128 valence electrons. The standard InChI is InChI=1S/C20H26N2O2/c1-15(21-14-20(24)19-6-4-3-5-7-19)12-17-8-10-18(11-9-17)13-22-16(2)23/h3-11,15,20-21,24H,12-14H2,1-2H3,(H,22,23)/t15?,20-/m0/s1. The summed E-state index contributed by atoms with van der Waals surface area (Å²) in [6, 6.07) is 18.2. The minimum atomic E-state index is -0.492. The molecule has 4 nitrogen and oxygen atoms in total. The predicted molar refractivity (Wildman–Crippen MR) is 96.5 cm³/mol. The fourth-order valence-corrected chi connectivity index (χ4v) is 2.55. The number of aliphatic hydroxyl groups excluding tert-OH is 1. The molecule has 3 N–H and O–H groups in total. The molecular formula is C20H26N2O2. The second-order valence-corrected chi connectivity index (χ2v) is 6.17. The first kappa shape index (κ1) is 18.2. The van der Waals surface area contributed by atoms with Crippen LogP contribution in [0.2, 0.25) is 0 Å². The lowest BCUT2D eigenvalue weighted by Crippen LogP contribution is -2.32. The Morgan fingerprint density at radius 1 is 1.04 bits per heavy atom. The molecule has 0 bridgehead atoms. The van der Waals surface area contributed by atoms with Gasteiger partial charge in [-0.3, -0.25) is 4.79 Å². The van der Waals surface area contributed by atoms with E-state index in [4.69, 9.17) is 0 Å². The Morgan fingerprint density at radius 2 is 1.67 bits per heavy atom. The van der Waals surface area contributed by atoms with Gasteiger partial charge in [-0.1, -0.05) is 54.6 Å². The van der Waals surface area contributed by atoms with Crippen molar-refractivity contribution in [2.75, 3.05) is 6.54 Å². The molecular weight excluding hydrogens is 300 g/mol. The summed E-state index contributed by atoms with van der Waals surface area (Å²) in [5.41, 5.74) is 3.25. The molecule has 1 unspecified atom stereocenters. The highest BCUT2D eigenvalue weighted by Gasteiger charge is 2.09. The zero-order valence-electron chi connectivity index (χ0n) is 14.3. The van der Waals surface area contributed by atoms with Gasteiger partial charge in [0.05, 0.1) is 6.10 Å². The van der Waals surface area contributed by atoms with Gasteiger partial charge in [-0.05, 0) is 30.0 Å². The molecule has 0 fully saturated rings. The summed E-state index contributed by atoms with van der Waals surface area (Å²) in [5, 5.41) is 16.3. The molecule has 24 heavy (non-hydrogen) atoms. The Balaban J connectivity index is 1.77. The van der Waals surface area contributed by atoms with Crippen LogP contribution < -0.4 is 10.6 Å². The molecule has 0 aliphatic carbocycles. The molecule has 0 aromatic heterocycles. The Kier molecular flexibility index (Phi) is 6.97. The summed E-state index contributed by atoms with van der Waals surface area (Å²) < 4.78 is 0. The molecule has 0 aliphatic rings. The molecule has 4 heteroatoms. The maximum atomic E-state index is 10.9. The summed E-state index contributed by atoms with van der Waals surface area (Å²) in [6.07, 6.45) is 0.399. The van der Waals surface area contributed by atoms with Crippen molar-refractivity contribution in [3.63, 3.8) is 0 Å². The summed E-state index contributed by atoms with van der Waals surface area (Å²) in [4.78, 5) is 10.9. The highest BCUT2D eigenvalue weighted by Crippen LogP contribution is 2.12. The number of hydrogen-bond acceptors (Lipinski definition) is 3. The van der Waals surface area contributed by atoms with E-state index < -0.39 is 6.10 Å². The Labute approximate surface area is 143 Å². The van der Waals surface area contributed by atoms with E-state index >= 15 is 0 Å². The van der Waals surface area contributed by atoms with Crippen LogP contribution in [0.3, 0.4) is 0 Å². The van der Waals surface area contributed by atoms with Crippen molar-refractivity contribution in [2.45, 2.75) is 39.0 Å². The second-order valence-electron chi connectivity index (χ2n) is 6.17. The first-order valence-electron chi connectivity index (χ1n) is 8.33. The molecule has 0 saturated carbocycles. The van der Waals surface area contributed by atoms with E-state index in [1.807, 2.05) is 42.5 Å². The molecule has 0 radical (unpaired) electrons.